The van der Waals surface area contributed by atoms with Crippen LogP contribution in [0.5, 0.6) is 0 Å². The van der Waals surface area contributed by atoms with Gasteiger partial charge in [0.2, 0.25) is 0 Å². The van der Waals surface area contributed by atoms with E-state index in [1.165, 1.54) is 186 Å². The quantitative estimate of drug-likeness (QED) is 0.0267. The Balaban J connectivity index is 2.14. The van der Waals surface area contributed by atoms with E-state index in [9.17, 15) is 25.2 Å². The summed E-state index contributed by atoms with van der Waals surface area (Å²) in [7, 11) is 0. The Morgan fingerprint density at radius 2 is 0.884 bits per heavy atom. The fourth-order valence-corrected chi connectivity index (χ4v) is 9.02. The van der Waals surface area contributed by atoms with Crippen molar-refractivity contribution in [2.45, 2.75) is 301 Å². The van der Waals surface area contributed by atoms with Gasteiger partial charge in [0.05, 0.1) is 19.8 Å². The summed E-state index contributed by atoms with van der Waals surface area (Å²) in [5, 5.41) is 40.4. The summed E-state index contributed by atoms with van der Waals surface area (Å²) in [5.74, 6) is -0.309. The van der Waals surface area contributed by atoms with Crippen molar-refractivity contribution in [1.82, 2.24) is 0 Å². The van der Waals surface area contributed by atoms with Gasteiger partial charge in [-0.05, 0) is 51.4 Å². The molecule has 0 saturated carbocycles. The van der Waals surface area contributed by atoms with Crippen LogP contribution in [0.4, 0.5) is 0 Å². The van der Waals surface area contributed by atoms with Crippen molar-refractivity contribution in [3.05, 3.63) is 48.6 Å². The molecule has 1 aliphatic rings. The fourth-order valence-electron chi connectivity index (χ4n) is 9.02. The Bertz CT molecular complexity index is 1200. The van der Waals surface area contributed by atoms with Crippen molar-refractivity contribution in [2.75, 3.05) is 26.4 Å². The van der Waals surface area contributed by atoms with Gasteiger partial charge in [-0.15, -0.1) is 0 Å². The third kappa shape index (κ3) is 41.3. The lowest BCUT2D eigenvalue weighted by Crippen LogP contribution is -2.59. The van der Waals surface area contributed by atoms with Gasteiger partial charge in [-0.2, -0.15) is 0 Å². The van der Waals surface area contributed by atoms with Crippen LogP contribution >= 0.6 is 0 Å². The molecule has 1 rings (SSSR count). The van der Waals surface area contributed by atoms with Crippen LogP contribution in [0.15, 0.2) is 48.6 Å². The first kappa shape index (κ1) is 65.2. The average Bonchev–Trinajstić information content (AvgIpc) is 3.35. The lowest BCUT2D eigenvalue weighted by Gasteiger charge is -2.39. The minimum Gasteiger partial charge on any atom is -0.457 e. The monoisotopic (exact) mass is 975 g/mol. The standard InChI is InChI=1S/C60H110O9/c1-3-5-7-9-11-13-15-17-19-21-23-25-27-28-30-32-34-36-38-40-42-44-46-48-50-66-52-54(53-67-60-59(65)58(64)57(63)55(51-61)69-60)68-56(62)49-47-45-43-41-39-37-35-33-31-29-26-24-22-20-18-16-14-12-10-8-6-4-2/h5,7,11,13,17,19,23,25,54-55,57-61,63-65H,3-4,6,8-10,12,14-16,18,20-22,24,26-53H2,1-2H3/b7-5-,13-11-,19-17-,25-23-. The van der Waals surface area contributed by atoms with Crippen molar-refractivity contribution in [3.63, 3.8) is 0 Å². The molecule has 404 valence electrons. The lowest BCUT2D eigenvalue weighted by atomic mass is 9.99. The molecule has 1 heterocycles. The predicted molar refractivity (Wildman–Crippen MR) is 288 cm³/mol. The molecule has 0 aliphatic carbocycles. The lowest BCUT2D eigenvalue weighted by molar-refractivity contribution is -0.305. The second-order valence-corrected chi connectivity index (χ2v) is 20.1. The highest BCUT2D eigenvalue weighted by Gasteiger charge is 2.44. The minimum absolute atomic E-state index is 0.112. The van der Waals surface area contributed by atoms with E-state index in [0.717, 1.165) is 57.8 Å². The van der Waals surface area contributed by atoms with Crippen molar-refractivity contribution in [2.24, 2.45) is 0 Å². The number of allylic oxidation sites excluding steroid dienone is 8. The summed E-state index contributed by atoms with van der Waals surface area (Å²) in [6.07, 6.45) is 58.7. The second kappa shape index (κ2) is 51.1. The maximum Gasteiger partial charge on any atom is 0.306 e. The molecule has 6 unspecified atom stereocenters. The van der Waals surface area contributed by atoms with Crippen LogP contribution in [0.3, 0.4) is 0 Å². The summed E-state index contributed by atoms with van der Waals surface area (Å²) in [6.45, 7) is 4.49. The third-order valence-corrected chi connectivity index (χ3v) is 13.5. The van der Waals surface area contributed by atoms with E-state index in [-0.39, 0.29) is 19.2 Å². The Hall–Kier alpha value is -1.85. The first-order chi connectivity index (χ1) is 33.9. The number of hydrogen-bond acceptors (Lipinski definition) is 9. The van der Waals surface area contributed by atoms with Crippen LogP contribution < -0.4 is 0 Å². The van der Waals surface area contributed by atoms with E-state index in [2.05, 4.69) is 62.5 Å². The second-order valence-electron chi connectivity index (χ2n) is 20.1. The molecule has 0 bridgehead atoms. The van der Waals surface area contributed by atoms with E-state index in [0.29, 0.717) is 13.0 Å². The summed E-state index contributed by atoms with van der Waals surface area (Å²) < 4.78 is 23.0. The molecule has 0 aromatic carbocycles. The van der Waals surface area contributed by atoms with Crippen molar-refractivity contribution >= 4 is 5.97 Å². The first-order valence-electron chi connectivity index (χ1n) is 29.2. The minimum atomic E-state index is -1.54. The molecule has 69 heavy (non-hydrogen) atoms. The van der Waals surface area contributed by atoms with E-state index < -0.39 is 43.4 Å². The molecule has 0 spiro atoms. The molecular formula is C60H110O9. The van der Waals surface area contributed by atoms with Crippen LogP contribution in [-0.2, 0) is 23.7 Å². The van der Waals surface area contributed by atoms with Gasteiger partial charge in [0.15, 0.2) is 6.29 Å². The van der Waals surface area contributed by atoms with Gasteiger partial charge >= 0.3 is 5.97 Å². The zero-order chi connectivity index (χ0) is 49.9. The van der Waals surface area contributed by atoms with Crippen LogP contribution in [0.25, 0.3) is 0 Å². The maximum atomic E-state index is 12.9. The number of carbonyl (C=O) groups is 1. The summed E-state index contributed by atoms with van der Waals surface area (Å²) in [6, 6.07) is 0. The number of aliphatic hydroxyl groups excluding tert-OH is 4. The number of carbonyl (C=O) groups excluding carboxylic acids is 1. The van der Waals surface area contributed by atoms with Gasteiger partial charge in [0, 0.05) is 13.0 Å². The Morgan fingerprint density at radius 3 is 1.33 bits per heavy atom. The van der Waals surface area contributed by atoms with Crippen molar-refractivity contribution in [1.29, 1.82) is 0 Å². The predicted octanol–water partition coefficient (Wildman–Crippen LogP) is 15.2. The number of unbranched alkanes of at least 4 members (excludes halogenated alkanes) is 32. The summed E-state index contributed by atoms with van der Waals surface area (Å²) in [5.41, 5.74) is 0. The fraction of sp³-hybridized carbons (Fsp3) is 0.850. The van der Waals surface area contributed by atoms with Crippen molar-refractivity contribution < 1.29 is 44.2 Å². The highest BCUT2D eigenvalue weighted by molar-refractivity contribution is 5.69. The molecule has 4 N–H and O–H groups in total. The average molecular weight is 976 g/mol. The highest BCUT2D eigenvalue weighted by Crippen LogP contribution is 2.23. The third-order valence-electron chi connectivity index (χ3n) is 13.5. The van der Waals surface area contributed by atoms with Crippen molar-refractivity contribution in [3.8, 4) is 0 Å². The molecule has 9 nitrogen and oxygen atoms in total. The molecule has 0 aromatic heterocycles. The molecule has 1 fully saturated rings. The molecule has 6 atom stereocenters. The van der Waals surface area contributed by atoms with Gasteiger partial charge in [0.1, 0.15) is 30.5 Å². The zero-order valence-electron chi connectivity index (χ0n) is 44.8. The van der Waals surface area contributed by atoms with E-state index >= 15 is 0 Å². The highest BCUT2D eigenvalue weighted by atomic mass is 16.7. The summed E-state index contributed by atoms with van der Waals surface area (Å²) in [4.78, 5) is 12.9. The number of ether oxygens (including phenoxy) is 4. The molecular weight excluding hydrogens is 865 g/mol. The topological polar surface area (TPSA) is 135 Å². The maximum absolute atomic E-state index is 12.9. The Labute approximate surface area is 424 Å². The largest absolute Gasteiger partial charge is 0.457 e. The van der Waals surface area contributed by atoms with E-state index in [4.69, 9.17) is 18.9 Å². The molecule has 0 aromatic rings. The summed E-state index contributed by atoms with van der Waals surface area (Å²) >= 11 is 0. The molecule has 0 amide bonds. The van der Waals surface area contributed by atoms with Crippen LogP contribution in [-0.4, -0.2) is 89.6 Å². The van der Waals surface area contributed by atoms with Gasteiger partial charge in [-0.1, -0.05) is 255 Å². The molecule has 1 saturated heterocycles. The van der Waals surface area contributed by atoms with E-state index in [1.807, 2.05) is 0 Å². The number of aliphatic hydroxyl groups is 4. The Kier molecular flexibility index (Phi) is 48.2. The number of esters is 1. The first-order valence-corrected chi connectivity index (χ1v) is 29.2. The van der Waals surface area contributed by atoms with Gasteiger partial charge in [-0.3, -0.25) is 4.79 Å². The zero-order valence-corrected chi connectivity index (χ0v) is 44.8. The van der Waals surface area contributed by atoms with Crippen LogP contribution in [0.1, 0.15) is 264 Å². The van der Waals surface area contributed by atoms with Crippen LogP contribution in [0.2, 0.25) is 0 Å². The SMILES string of the molecule is CC/C=C\C/C=C\C/C=C\C/C=C\CCCCCCCCCCCCCOCC(COC1OC(CO)C(O)C(O)C1O)OC(=O)CCCCCCCCCCCCCCCCCCCCCCCC. The van der Waals surface area contributed by atoms with Gasteiger partial charge in [-0.25, -0.2) is 0 Å². The van der Waals surface area contributed by atoms with Crippen LogP contribution in [0, 0.1) is 0 Å². The van der Waals surface area contributed by atoms with Gasteiger partial charge in [0.25, 0.3) is 0 Å². The smallest absolute Gasteiger partial charge is 0.306 e. The molecule has 9 heteroatoms. The van der Waals surface area contributed by atoms with E-state index in [1.54, 1.807) is 0 Å². The molecule has 1 aliphatic heterocycles. The number of rotatable bonds is 51. The molecule has 0 radical (unpaired) electrons. The number of hydrogen-bond donors (Lipinski definition) is 4. The normalized spacial score (nSPS) is 19.3. The Morgan fingerprint density at radius 1 is 0.478 bits per heavy atom. The van der Waals surface area contributed by atoms with Gasteiger partial charge < -0.3 is 39.4 Å².